The Morgan fingerprint density at radius 1 is 1.06 bits per heavy atom. The second kappa shape index (κ2) is 8.80. The van der Waals surface area contributed by atoms with Crippen molar-refractivity contribution in [3.05, 3.63) is 70.9 Å². The Bertz CT molecular complexity index is 1130. The molecule has 0 radical (unpaired) electrons. The van der Waals surface area contributed by atoms with Crippen LogP contribution in [0, 0.1) is 5.82 Å². The SMILES string of the molecule is O=C(c1nccs1)N1CCN(C2CC(=O)N(c3cccc(-c4ccccc4F)c3)C2)CC1. The van der Waals surface area contributed by atoms with Crippen molar-refractivity contribution in [3.63, 3.8) is 0 Å². The molecule has 1 unspecified atom stereocenters. The minimum absolute atomic E-state index is 0.0197. The molecule has 0 bridgehead atoms. The molecular formula is C24H23FN4O2S. The monoisotopic (exact) mass is 450 g/mol. The van der Waals surface area contributed by atoms with Crippen molar-refractivity contribution in [1.29, 1.82) is 0 Å². The predicted octanol–water partition coefficient (Wildman–Crippen LogP) is 3.51. The molecule has 0 N–H and O–H groups in total. The highest BCUT2D eigenvalue weighted by Crippen LogP contribution is 2.30. The molecule has 0 spiro atoms. The fourth-order valence-corrected chi connectivity index (χ4v) is 5.08. The van der Waals surface area contributed by atoms with Crippen LogP contribution < -0.4 is 4.90 Å². The lowest BCUT2D eigenvalue weighted by Gasteiger charge is -2.37. The van der Waals surface area contributed by atoms with Gasteiger partial charge in [0.25, 0.3) is 5.91 Å². The molecule has 32 heavy (non-hydrogen) atoms. The molecule has 0 saturated carbocycles. The quantitative estimate of drug-likeness (QED) is 0.611. The summed E-state index contributed by atoms with van der Waals surface area (Å²) < 4.78 is 14.2. The number of anilines is 1. The number of benzene rings is 2. The maximum Gasteiger partial charge on any atom is 0.282 e. The molecule has 3 heterocycles. The molecule has 8 heteroatoms. The number of hydrogen-bond acceptors (Lipinski definition) is 5. The molecule has 6 nitrogen and oxygen atoms in total. The van der Waals surface area contributed by atoms with E-state index in [9.17, 15) is 14.0 Å². The van der Waals surface area contributed by atoms with Gasteiger partial charge in [0.05, 0.1) is 0 Å². The van der Waals surface area contributed by atoms with Crippen LogP contribution in [0.3, 0.4) is 0 Å². The minimum Gasteiger partial charge on any atom is -0.334 e. The Hall–Kier alpha value is -3.10. The molecule has 2 fully saturated rings. The Morgan fingerprint density at radius 2 is 1.88 bits per heavy atom. The van der Waals surface area contributed by atoms with E-state index in [1.54, 1.807) is 29.3 Å². The average Bonchev–Trinajstić information content (AvgIpc) is 3.49. The summed E-state index contributed by atoms with van der Waals surface area (Å²) >= 11 is 1.36. The molecule has 164 valence electrons. The molecule has 0 aliphatic carbocycles. The largest absolute Gasteiger partial charge is 0.334 e. The summed E-state index contributed by atoms with van der Waals surface area (Å²) in [7, 11) is 0. The van der Waals surface area contributed by atoms with Crippen LogP contribution >= 0.6 is 11.3 Å². The smallest absolute Gasteiger partial charge is 0.282 e. The number of hydrogen-bond donors (Lipinski definition) is 0. The fourth-order valence-electron chi connectivity index (χ4n) is 4.47. The van der Waals surface area contributed by atoms with Crippen molar-refractivity contribution in [2.24, 2.45) is 0 Å². The highest BCUT2D eigenvalue weighted by atomic mass is 32.1. The first-order valence-electron chi connectivity index (χ1n) is 10.7. The van der Waals surface area contributed by atoms with E-state index in [1.807, 2.05) is 34.5 Å². The number of rotatable bonds is 4. The van der Waals surface area contributed by atoms with E-state index in [0.29, 0.717) is 36.6 Å². The van der Waals surface area contributed by atoms with Gasteiger partial charge in [-0.05, 0) is 23.8 Å². The van der Waals surface area contributed by atoms with E-state index in [0.717, 1.165) is 24.3 Å². The van der Waals surface area contributed by atoms with E-state index < -0.39 is 0 Å². The maximum absolute atomic E-state index is 14.2. The van der Waals surface area contributed by atoms with Crippen LogP contribution in [0.2, 0.25) is 0 Å². The van der Waals surface area contributed by atoms with Crippen LogP contribution in [-0.2, 0) is 4.79 Å². The van der Waals surface area contributed by atoms with Gasteiger partial charge in [-0.2, -0.15) is 0 Å². The second-order valence-corrected chi connectivity index (χ2v) is 8.95. The molecule has 2 amide bonds. The minimum atomic E-state index is -0.277. The number of thiazole rings is 1. The van der Waals surface area contributed by atoms with Gasteiger partial charge in [0.1, 0.15) is 5.82 Å². The molecule has 2 aliphatic heterocycles. The maximum atomic E-state index is 14.2. The number of aromatic nitrogens is 1. The molecule has 1 aromatic heterocycles. The molecule has 2 aromatic carbocycles. The topological polar surface area (TPSA) is 56.8 Å². The second-order valence-electron chi connectivity index (χ2n) is 8.06. The van der Waals surface area contributed by atoms with Gasteiger partial charge in [0, 0.05) is 68.0 Å². The third-order valence-corrected chi connectivity index (χ3v) is 6.94. The standard InChI is InChI=1S/C24H23FN4O2S/c25-21-7-2-1-6-20(21)17-4-3-5-18(14-17)29-16-19(15-22(29)30)27-9-11-28(12-10-27)24(31)23-26-8-13-32-23/h1-8,13-14,19H,9-12,15-16H2. The van der Waals surface area contributed by atoms with Crippen molar-refractivity contribution < 1.29 is 14.0 Å². The highest BCUT2D eigenvalue weighted by Gasteiger charge is 2.36. The van der Waals surface area contributed by atoms with Gasteiger partial charge >= 0.3 is 0 Å². The van der Waals surface area contributed by atoms with Crippen LogP contribution in [0.15, 0.2) is 60.1 Å². The number of carbonyl (C=O) groups is 2. The molecule has 3 aromatic rings. The molecule has 5 rings (SSSR count). The van der Waals surface area contributed by atoms with Crippen LogP contribution in [0.25, 0.3) is 11.1 Å². The average molecular weight is 451 g/mol. The first-order chi connectivity index (χ1) is 15.6. The lowest BCUT2D eigenvalue weighted by Crippen LogP contribution is -2.52. The van der Waals surface area contributed by atoms with E-state index in [4.69, 9.17) is 0 Å². The van der Waals surface area contributed by atoms with E-state index in [2.05, 4.69) is 9.88 Å². The molecule has 2 aliphatic rings. The third kappa shape index (κ3) is 4.03. The summed E-state index contributed by atoms with van der Waals surface area (Å²) in [6.45, 7) is 3.33. The highest BCUT2D eigenvalue weighted by molar-refractivity contribution is 7.11. The zero-order valence-corrected chi connectivity index (χ0v) is 18.3. The van der Waals surface area contributed by atoms with Gasteiger partial charge in [-0.25, -0.2) is 9.37 Å². The van der Waals surface area contributed by atoms with Crippen LogP contribution in [-0.4, -0.2) is 65.4 Å². The Balaban J connectivity index is 1.25. The van der Waals surface area contributed by atoms with Crippen LogP contribution in [0.5, 0.6) is 0 Å². The van der Waals surface area contributed by atoms with Crippen molar-refractivity contribution in [1.82, 2.24) is 14.8 Å². The summed E-state index contributed by atoms with van der Waals surface area (Å²) in [5, 5.41) is 2.33. The lowest BCUT2D eigenvalue weighted by molar-refractivity contribution is -0.117. The number of piperazine rings is 1. The number of amides is 2. The normalized spacial score (nSPS) is 19.5. The Labute approximate surface area is 189 Å². The first-order valence-corrected chi connectivity index (χ1v) is 11.6. The molecule has 2 saturated heterocycles. The molecule has 1 atom stereocenters. The first kappa shape index (κ1) is 20.8. The van der Waals surface area contributed by atoms with E-state index >= 15 is 0 Å². The van der Waals surface area contributed by atoms with Gasteiger partial charge in [0.15, 0.2) is 5.01 Å². The number of carbonyl (C=O) groups excluding carboxylic acids is 2. The number of nitrogens with zero attached hydrogens (tertiary/aromatic N) is 4. The summed E-state index contributed by atoms with van der Waals surface area (Å²) in [4.78, 5) is 35.4. The Kier molecular flexibility index (Phi) is 5.71. The molecular weight excluding hydrogens is 427 g/mol. The zero-order chi connectivity index (χ0) is 22.1. The van der Waals surface area contributed by atoms with E-state index in [1.165, 1.54) is 17.4 Å². The fraction of sp³-hybridized carbons (Fsp3) is 0.292. The zero-order valence-electron chi connectivity index (χ0n) is 17.5. The van der Waals surface area contributed by atoms with Gasteiger partial charge in [-0.1, -0.05) is 30.3 Å². The summed E-state index contributed by atoms with van der Waals surface area (Å²) in [6, 6.07) is 14.3. The van der Waals surface area contributed by atoms with Gasteiger partial charge in [0.2, 0.25) is 5.91 Å². The van der Waals surface area contributed by atoms with E-state index in [-0.39, 0.29) is 23.7 Å². The van der Waals surface area contributed by atoms with Gasteiger partial charge in [-0.15, -0.1) is 11.3 Å². The third-order valence-electron chi connectivity index (χ3n) is 6.18. The van der Waals surface area contributed by atoms with Gasteiger partial charge in [-0.3, -0.25) is 14.5 Å². The van der Waals surface area contributed by atoms with Crippen molar-refractivity contribution in [3.8, 4) is 11.1 Å². The summed E-state index contributed by atoms with van der Waals surface area (Å²) in [5.74, 6) is -0.226. The van der Waals surface area contributed by atoms with Crippen LogP contribution in [0.4, 0.5) is 10.1 Å². The summed E-state index contributed by atoms with van der Waals surface area (Å²) in [5.41, 5.74) is 2.07. The van der Waals surface area contributed by atoms with Crippen molar-refractivity contribution >= 4 is 28.8 Å². The van der Waals surface area contributed by atoms with Crippen molar-refractivity contribution in [2.75, 3.05) is 37.6 Å². The van der Waals surface area contributed by atoms with Gasteiger partial charge < -0.3 is 9.80 Å². The predicted molar refractivity (Wildman–Crippen MR) is 122 cm³/mol. The van der Waals surface area contributed by atoms with Crippen LogP contribution in [0.1, 0.15) is 16.2 Å². The Morgan fingerprint density at radius 3 is 2.62 bits per heavy atom. The lowest BCUT2D eigenvalue weighted by atomic mass is 10.0. The number of halogens is 1. The summed E-state index contributed by atoms with van der Waals surface area (Å²) in [6.07, 6.45) is 2.10. The van der Waals surface area contributed by atoms with Crippen molar-refractivity contribution in [2.45, 2.75) is 12.5 Å².